The topological polar surface area (TPSA) is 69.1 Å². The van der Waals surface area contributed by atoms with E-state index in [-0.39, 0.29) is 11.6 Å². The first kappa shape index (κ1) is 6.01. The largest absolute Gasteiger partial charge is 0.386 e. The van der Waals surface area contributed by atoms with Crippen molar-refractivity contribution in [1.29, 1.82) is 0 Å². The minimum Gasteiger partial charge on any atom is -0.386 e. The van der Waals surface area contributed by atoms with Crippen molar-refractivity contribution >= 4 is 5.78 Å². The quantitative estimate of drug-likeness (QED) is 0.429. The van der Waals surface area contributed by atoms with Crippen molar-refractivity contribution in [2.45, 2.75) is 6.92 Å². The van der Waals surface area contributed by atoms with Gasteiger partial charge in [0.05, 0.1) is 5.82 Å². The Hall–Kier alpha value is -0.990. The normalized spacial score (nSPS) is 7.57. The van der Waals surface area contributed by atoms with Gasteiger partial charge in [-0.15, -0.1) is 0 Å². The first-order valence-electron chi connectivity index (χ1n) is 1.86. The third-order valence-electron chi connectivity index (χ3n) is 0.370. The van der Waals surface area contributed by atoms with Gasteiger partial charge in [-0.1, -0.05) is 0 Å². The fourth-order valence-electron chi connectivity index (χ4n) is 0.235. The highest BCUT2D eigenvalue weighted by Gasteiger charge is 1.81. The van der Waals surface area contributed by atoms with Crippen molar-refractivity contribution in [3.63, 3.8) is 0 Å². The highest BCUT2D eigenvalue weighted by molar-refractivity contribution is 5.87. The van der Waals surface area contributed by atoms with E-state index >= 15 is 0 Å². The summed E-state index contributed by atoms with van der Waals surface area (Å²) in [6.45, 7) is 1.39. The highest BCUT2D eigenvalue weighted by Crippen LogP contribution is 1.71. The first-order chi connectivity index (χ1) is 3.13. The van der Waals surface area contributed by atoms with Gasteiger partial charge >= 0.3 is 0 Å². The molecule has 0 radical (unpaired) electrons. The number of carbonyl (C=O) groups is 1. The molecule has 40 valence electrons. The summed E-state index contributed by atoms with van der Waals surface area (Å²) in [7, 11) is 0. The lowest BCUT2D eigenvalue weighted by molar-refractivity contribution is -0.112. The summed E-state index contributed by atoms with van der Waals surface area (Å²) in [5.74, 6) is -0.0625. The van der Waals surface area contributed by atoms with Gasteiger partial charge in [-0.05, 0) is 6.92 Å². The summed E-state index contributed by atoms with van der Waals surface area (Å²) in [4.78, 5) is 10.0. The molecule has 0 aromatic carbocycles. The SMILES string of the molecule is CC(=O)C=C(N)N. The van der Waals surface area contributed by atoms with Crippen molar-refractivity contribution < 1.29 is 4.79 Å². The van der Waals surface area contributed by atoms with Gasteiger partial charge in [0, 0.05) is 6.08 Å². The van der Waals surface area contributed by atoms with Gasteiger partial charge in [0.25, 0.3) is 0 Å². The van der Waals surface area contributed by atoms with Crippen LogP contribution in [0.2, 0.25) is 0 Å². The molecule has 0 aliphatic carbocycles. The van der Waals surface area contributed by atoms with Crippen LogP contribution in [-0.2, 0) is 4.79 Å². The number of hydrogen-bond acceptors (Lipinski definition) is 3. The van der Waals surface area contributed by atoms with Crippen LogP contribution >= 0.6 is 0 Å². The summed E-state index contributed by atoms with van der Waals surface area (Å²) in [6, 6.07) is 0. The minimum absolute atomic E-state index is 0.0625. The van der Waals surface area contributed by atoms with E-state index in [9.17, 15) is 4.79 Å². The van der Waals surface area contributed by atoms with Crippen LogP contribution in [0.4, 0.5) is 0 Å². The Balaban J connectivity index is 3.68. The summed E-state index contributed by atoms with van der Waals surface area (Å²) < 4.78 is 0. The van der Waals surface area contributed by atoms with Gasteiger partial charge in [0.1, 0.15) is 0 Å². The molecule has 0 aromatic heterocycles. The maximum atomic E-state index is 10.0. The molecule has 0 bridgehead atoms. The van der Waals surface area contributed by atoms with E-state index in [4.69, 9.17) is 11.5 Å². The molecule has 3 nitrogen and oxygen atoms in total. The molecular weight excluding hydrogens is 92.1 g/mol. The number of rotatable bonds is 1. The van der Waals surface area contributed by atoms with Crippen LogP contribution in [0.1, 0.15) is 6.92 Å². The monoisotopic (exact) mass is 100 g/mol. The second kappa shape index (κ2) is 2.23. The van der Waals surface area contributed by atoms with E-state index in [1.54, 1.807) is 0 Å². The number of ketones is 1. The molecule has 0 amide bonds. The second-order valence-electron chi connectivity index (χ2n) is 1.25. The minimum atomic E-state index is -0.125. The molecule has 0 heterocycles. The average molecular weight is 100 g/mol. The Kier molecular flexibility index (Phi) is 1.91. The van der Waals surface area contributed by atoms with Crippen molar-refractivity contribution in [2.24, 2.45) is 11.5 Å². The molecule has 0 fully saturated rings. The van der Waals surface area contributed by atoms with E-state index in [1.807, 2.05) is 0 Å². The van der Waals surface area contributed by atoms with E-state index in [0.29, 0.717) is 0 Å². The molecule has 0 spiro atoms. The molecule has 0 saturated heterocycles. The van der Waals surface area contributed by atoms with Crippen LogP contribution < -0.4 is 11.5 Å². The van der Waals surface area contributed by atoms with Crippen molar-refractivity contribution in [2.75, 3.05) is 0 Å². The maximum absolute atomic E-state index is 10.0. The number of nitrogens with two attached hydrogens (primary N) is 2. The van der Waals surface area contributed by atoms with E-state index in [2.05, 4.69) is 0 Å². The van der Waals surface area contributed by atoms with Crippen LogP contribution in [0.5, 0.6) is 0 Å². The van der Waals surface area contributed by atoms with E-state index in [0.717, 1.165) is 0 Å². The second-order valence-corrected chi connectivity index (χ2v) is 1.25. The van der Waals surface area contributed by atoms with Crippen LogP contribution in [-0.4, -0.2) is 5.78 Å². The van der Waals surface area contributed by atoms with Crippen LogP contribution in [0, 0.1) is 0 Å². The smallest absolute Gasteiger partial charge is 0.156 e. The zero-order valence-corrected chi connectivity index (χ0v) is 4.14. The van der Waals surface area contributed by atoms with Gasteiger partial charge < -0.3 is 11.5 Å². The Morgan fingerprint density at radius 1 is 1.57 bits per heavy atom. The predicted octanol–water partition coefficient (Wildman–Crippen LogP) is -0.666. The summed E-state index contributed by atoms with van der Waals surface area (Å²) in [5.41, 5.74) is 9.82. The first-order valence-corrected chi connectivity index (χ1v) is 1.86. The summed E-state index contributed by atoms with van der Waals surface area (Å²) >= 11 is 0. The van der Waals surface area contributed by atoms with Gasteiger partial charge in [0.2, 0.25) is 0 Å². The third-order valence-corrected chi connectivity index (χ3v) is 0.370. The number of allylic oxidation sites excluding steroid dienone is 1. The lowest BCUT2D eigenvalue weighted by atomic mass is 10.4. The van der Waals surface area contributed by atoms with Gasteiger partial charge in [-0.2, -0.15) is 0 Å². The predicted molar refractivity (Wildman–Crippen MR) is 27.1 cm³/mol. The zero-order chi connectivity index (χ0) is 5.86. The molecular formula is C4H8N2O. The number of carbonyl (C=O) groups excluding carboxylic acids is 1. The molecule has 0 saturated carbocycles. The summed E-state index contributed by atoms with van der Waals surface area (Å²) in [6.07, 6.45) is 1.17. The van der Waals surface area contributed by atoms with Crippen LogP contribution in [0.3, 0.4) is 0 Å². The van der Waals surface area contributed by atoms with Crippen molar-refractivity contribution in [3.8, 4) is 0 Å². The molecule has 0 rings (SSSR count). The van der Waals surface area contributed by atoms with Crippen LogP contribution in [0.25, 0.3) is 0 Å². The Bertz CT molecular complexity index is 102. The Morgan fingerprint density at radius 2 is 2.00 bits per heavy atom. The van der Waals surface area contributed by atoms with Gasteiger partial charge in [0.15, 0.2) is 5.78 Å². The maximum Gasteiger partial charge on any atom is 0.156 e. The van der Waals surface area contributed by atoms with Crippen molar-refractivity contribution in [1.82, 2.24) is 0 Å². The average Bonchev–Trinajstić information content (AvgIpc) is 1.27. The van der Waals surface area contributed by atoms with Gasteiger partial charge in [-0.3, -0.25) is 4.79 Å². The van der Waals surface area contributed by atoms with E-state index < -0.39 is 0 Å². The highest BCUT2D eigenvalue weighted by atomic mass is 16.1. The molecule has 4 N–H and O–H groups in total. The molecule has 0 aliphatic rings. The molecule has 7 heavy (non-hydrogen) atoms. The Labute approximate surface area is 42.0 Å². The lowest BCUT2D eigenvalue weighted by Gasteiger charge is -1.82. The van der Waals surface area contributed by atoms with E-state index in [1.165, 1.54) is 13.0 Å². The summed E-state index contributed by atoms with van der Waals surface area (Å²) in [5, 5.41) is 0. The van der Waals surface area contributed by atoms with Crippen LogP contribution in [0.15, 0.2) is 11.9 Å². The zero-order valence-electron chi connectivity index (χ0n) is 4.14. The molecule has 0 unspecified atom stereocenters. The fourth-order valence-corrected chi connectivity index (χ4v) is 0.235. The standard InChI is InChI=1S/C4H8N2O/c1-3(7)2-4(5)6/h2H,5-6H2,1H3. The fraction of sp³-hybridized carbons (Fsp3) is 0.250. The lowest BCUT2D eigenvalue weighted by Crippen LogP contribution is -2.09. The Morgan fingerprint density at radius 3 is 2.00 bits per heavy atom. The molecule has 0 aromatic rings. The molecule has 0 aliphatic heterocycles. The van der Waals surface area contributed by atoms with Crippen molar-refractivity contribution in [3.05, 3.63) is 11.9 Å². The third kappa shape index (κ3) is 5.01. The molecule has 0 atom stereocenters. The molecule has 3 heteroatoms. The number of hydrogen-bond donors (Lipinski definition) is 2. The van der Waals surface area contributed by atoms with Gasteiger partial charge in [-0.25, -0.2) is 0 Å².